The van der Waals surface area contributed by atoms with E-state index in [1.165, 1.54) is 5.56 Å². The standard InChI is InChI=1S/C19H28N2O4/c1-18(2,20)17(22)21-8-6-19(7-9-21)14-12-16(24-4)15(23-3)11-13(14)5-10-25-19/h11-12H,5-10,20H2,1-4H3. The number of hydrogen-bond acceptors (Lipinski definition) is 5. The highest BCUT2D eigenvalue weighted by Crippen LogP contribution is 2.45. The van der Waals surface area contributed by atoms with Gasteiger partial charge in [0, 0.05) is 13.1 Å². The van der Waals surface area contributed by atoms with E-state index in [1.54, 1.807) is 28.1 Å². The molecule has 0 unspecified atom stereocenters. The first-order valence-corrected chi connectivity index (χ1v) is 8.78. The van der Waals surface area contributed by atoms with Gasteiger partial charge in [-0.05, 0) is 56.4 Å². The Morgan fingerprint density at radius 2 is 1.80 bits per heavy atom. The zero-order chi connectivity index (χ0) is 18.2. The molecular weight excluding hydrogens is 320 g/mol. The van der Waals surface area contributed by atoms with Crippen molar-refractivity contribution >= 4 is 5.91 Å². The number of carbonyl (C=O) groups excluding carboxylic acids is 1. The Morgan fingerprint density at radius 1 is 1.20 bits per heavy atom. The molecule has 2 aliphatic rings. The van der Waals surface area contributed by atoms with Crippen molar-refractivity contribution < 1.29 is 19.0 Å². The largest absolute Gasteiger partial charge is 0.493 e. The first kappa shape index (κ1) is 18.0. The summed E-state index contributed by atoms with van der Waals surface area (Å²) in [5.41, 5.74) is 7.18. The van der Waals surface area contributed by atoms with E-state index in [4.69, 9.17) is 19.9 Å². The highest BCUT2D eigenvalue weighted by Gasteiger charge is 2.43. The molecule has 0 aromatic heterocycles. The Balaban J connectivity index is 1.87. The molecule has 3 rings (SSSR count). The van der Waals surface area contributed by atoms with E-state index >= 15 is 0 Å². The number of ether oxygens (including phenoxy) is 3. The number of nitrogens with two attached hydrogens (primary N) is 1. The van der Waals surface area contributed by atoms with Crippen LogP contribution in [0.4, 0.5) is 0 Å². The van der Waals surface area contributed by atoms with Crippen LogP contribution in [0.5, 0.6) is 11.5 Å². The average molecular weight is 348 g/mol. The molecule has 0 saturated carbocycles. The Kier molecular flexibility index (Phi) is 4.68. The quantitative estimate of drug-likeness (QED) is 0.902. The van der Waals surface area contributed by atoms with Crippen molar-refractivity contribution in [3.8, 4) is 11.5 Å². The number of piperidine rings is 1. The van der Waals surface area contributed by atoms with Crippen LogP contribution in [-0.2, 0) is 21.6 Å². The molecule has 1 fully saturated rings. The van der Waals surface area contributed by atoms with E-state index in [0.717, 1.165) is 30.6 Å². The van der Waals surface area contributed by atoms with Crippen molar-refractivity contribution in [1.29, 1.82) is 0 Å². The minimum atomic E-state index is -0.841. The molecule has 6 nitrogen and oxygen atoms in total. The molecule has 0 atom stereocenters. The summed E-state index contributed by atoms with van der Waals surface area (Å²) in [5, 5.41) is 0. The molecule has 1 aromatic rings. The molecule has 0 bridgehead atoms. The second-order valence-corrected chi connectivity index (χ2v) is 7.47. The summed E-state index contributed by atoms with van der Waals surface area (Å²) >= 11 is 0. The summed E-state index contributed by atoms with van der Waals surface area (Å²) in [5.74, 6) is 1.45. The molecule has 138 valence electrons. The predicted octanol–water partition coefficient (Wildman–Crippen LogP) is 1.83. The van der Waals surface area contributed by atoms with Crippen molar-refractivity contribution in [2.45, 2.75) is 44.2 Å². The van der Waals surface area contributed by atoms with Crippen LogP contribution in [0.1, 0.15) is 37.8 Å². The van der Waals surface area contributed by atoms with Gasteiger partial charge in [-0.2, -0.15) is 0 Å². The number of rotatable bonds is 3. The number of benzene rings is 1. The van der Waals surface area contributed by atoms with Crippen LogP contribution < -0.4 is 15.2 Å². The summed E-state index contributed by atoms with van der Waals surface area (Å²) < 4.78 is 17.2. The normalized spacial score (nSPS) is 19.5. The van der Waals surface area contributed by atoms with Gasteiger partial charge in [0.05, 0.1) is 32.0 Å². The van der Waals surface area contributed by atoms with Crippen molar-refractivity contribution in [2.24, 2.45) is 5.73 Å². The minimum absolute atomic E-state index is 0.00862. The zero-order valence-electron chi connectivity index (χ0n) is 15.6. The van der Waals surface area contributed by atoms with Crippen LogP contribution >= 0.6 is 0 Å². The number of methoxy groups -OCH3 is 2. The highest BCUT2D eigenvalue weighted by atomic mass is 16.5. The topological polar surface area (TPSA) is 74.0 Å². The lowest BCUT2D eigenvalue weighted by atomic mass is 9.79. The minimum Gasteiger partial charge on any atom is -0.493 e. The number of nitrogens with zero attached hydrogens (tertiary/aromatic N) is 1. The van der Waals surface area contributed by atoms with Gasteiger partial charge in [-0.25, -0.2) is 0 Å². The van der Waals surface area contributed by atoms with Crippen LogP contribution in [0.3, 0.4) is 0 Å². The fourth-order valence-corrected chi connectivity index (χ4v) is 3.88. The van der Waals surface area contributed by atoms with Gasteiger partial charge in [0.1, 0.15) is 0 Å². The van der Waals surface area contributed by atoms with Gasteiger partial charge in [-0.1, -0.05) is 0 Å². The molecule has 1 aromatic carbocycles. The third-order valence-electron chi connectivity index (χ3n) is 5.26. The summed E-state index contributed by atoms with van der Waals surface area (Å²) in [6.45, 7) is 5.48. The lowest BCUT2D eigenvalue weighted by molar-refractivity contribution is -0.145. The van der Waals surface area contributed by atoms with E-state index in [1.807, 2.05) is 11.0 Å². The van der Waals surface area contributed by atoms with E-state index in [9.17, 15) is 4.79 Å². The van der Waals surface area contributed by atoms with Gasteiger partial charge >= 0.3 is 0 Å². The summed E-state index contributed by atoms with van der Waals surface area (Å²) in [7, 11) is 3.29. The molecule has 2 N–H and O–H groups in total. The summed E-state index contributed by atoms with van der Waals surface area (Å²) in [6, 6.07) is 4.09. The number of fused-ring (bicyclic) bond motifs is 2. The average Bonchev–Trinajstić information content (AvgIpc) is 2.60. The molecule has 1 saturated heterocycles. The molecule has 0 aliphatic carbocycles. The Morgan fingerprint density at radius 3 is 2.36 bits per heavy atom. The van der Waals surface area contributed by atoms with E-state index in [-0.39, 0.29) is 11.5 Å². The maximum Gasteiger partial charge on any atom is 0.242 e. The smallest absolute Gasteiger partial charge is 0.242 e. The van der Waals surface area contributed by atoms with Crippen LogP contribution in [0.2, 0.25) is 0 Å². The second-order valence-electron chi connectivity index (χ2n) is 7.47. The van der Waals surface area contributed by atoms with Gasteiger partial charge in [0.25, 0.3) is 0 Å². The van der Waals surface area contributed by atoms with Gasteiger partial charge in [-0.15, -0.1) is 0 Å². The van der Waals surface area contributed by atoms with Crippen LogP contribution in [0.25, 0.3) is 0 Å². The molecule has 0 radical (unpaired) electrons. The van der Waals surface area contributed by atoms with Crippen molar-refractivity contribution in [3.63, 3.8) is 0 Å². The van der Waals surface area contributed by atoms with Gasteiger partial charge < -0.3 is 24.8 Å². The van der Waals surface area contributed by atoms with Gasteiger partial charge in [-0.3, -0.25) is 4.79 Å². The molecule has 1 amide bonds. The van der Waals surface area contributed by atoms with Crippen LogP contribution in [0, 0.1) is 0 Å². The number of likely N-dealkylation sites (tertiary alicyclic amines) is 1. The lowest BCUT2D eigenvalue weighted by Gasteiger charge is -2.46. The molecule has 6 heteroatoms. The monoisotopic (exact) mass is 348 g/mol. The molecular formula is C19H28N2O4. The molecule has 25 heavy (non-hydrogen) atoms. The fourth-order valence-electron chi connectivity index (χ4n) is 3.88. The van der Waals surface area contributed by atoms with Crippen LogP contribution in [-0.4, -0.2) is 50.3 Å². The SMILES string of the molecule is COc1cc2c(cc1OC)C1(CCN(C(=O)C(C)(C)N)CC1)OCC2. The maximum atomic E-state index is 12.4. The van der Waals surface area contributed by atoms with Gasteiger partial charge in [0.2, 0.25) is 5.91 Å². The number of amides is 1. The summed E-state index contributed by atoms with van der Waals surface area (Å²) in [6.07, 6.45) is 2.38. The zero-order valence-corrected chi connectivity index (χ0v) is 15.6. The van der Waals surface area contributed by atoms with Crippen molar-refractivity contribution in [3.05, 3.63) is 23.3 Å². The van der Waals surface area contributed by atoms with Gasteiger partial charge in [0.15, 0.2) is 11.5 Å². The maximum absolute atomic E-state index is 12.4. The molecule has 1 spiro atoms. The van der Waals surface area contributed by atoms with E-state index in [0.29, 0.717) is 25.4 Å². The molecule has 2 heterocycles. The first-order chi connectivity index (χ1) is 11.8. The lowest BCUT2D eigenvalue weighted by Crippen LogP contribution is -2.56. The number of hydrogen-bond donors (Lipinski definition) is 1. The highest BCUT2D eigenvalue weighted by molar-refractivity contribution is 5.85. The Labute approximate surface area is 149 Å². The third-order valence-corrected chi connectivity index (χ3v) is 5.26. The van der Waals surface area contributed by atoms with Crippen molar-refractivity contribution in [2.75, 3.05) is 33.9 Å². The first-order valence-electron chi connectivity index (χ1n) is 8.78. The Bertz CT molecular complexity index is 658. The van der Waals surface area contributed by atoms with E-state index in [2.05, 4.69) is 6.07 Å². The van der Waals surface area contributed by atoms with Crippen LogP contribution in [0.15, 0.2) is 12.1 Å². The molecule has 2 aliphatic heterocycles. The van der Waals surface area contributed by atoms with Crippen molar-refractivity contribution in [1.82, 2.24) is 4.90 Å². The summed E-state index contributed by atoms with van der Waals surface area (Å²) in [4.78, 5) is 14.3. The number of carbonyl (C=O) groups is 1. The Hall–Kier alpha value is -1.79. The second kappa shape index (κ2) is 6.50. The van der Waals surface area contributed by atoms with E-state index < -0.39 is 5.54 Å². The predicted molar refractivity (Wildman–Crippen MR) is 95.0 cm³/mol. The fraction of sp³-hybridized carbons (Fsp3) is 0.632. The third kappa shape index (κ3) is 3.20.